The van der Waals surface area contributed by atoms with Gasteiger partial charge < -0.3 is 15.2 Å². The molecule has 1 atom stereocenters. The fraction of sp³-hybridized carbons (Fsp3) is 0.538. The quantitative estimate of drug-likeness (QED) is 0.817. The summed E-state index contributed by atoms with van der Waals surface area (Å²) in [6, 6.07) is 6.09. The van der Waals surface area contributed by atoms with Crippen LogP contribution in [0.15, 0.2) is 18.2 Å². The molecule has 1 fully saturated rings. The second-order valence-electron chi connectivity index (χ2n) is 4.50. The minimum Gasteiger partial charge on any atom is -0.496 e. The molecule has 1 saturated carbocycles. The van der Waals surface area contributed by atoms with E-state index in [1.807, 2.05) is 12.1 Å². The lowest BCUT2D eigenvalue weighted by Crippen LogP contribution is -2.29. The first-order valence-electron chi connectivity index (χ1n) is 5.93. The topological polar surface area (TPSA) is 41.5 Å². The number of hydrogen-bond acceptors (Lipinski definition) is 3. The molecular formula is C13H18ClNO2. The molecule has 1 aliphatic carbocycles. The minimum atomic E-state index is -0.400. The Hall–Kier alpha value is -0.770. The molecule has 17 heavy (non-hydrogen) atoms. The third-order valence-electron chi connectivity index (χ3n) is 2.92. The highest BCUT2D eigenvalue weighted by atomic mass is 35.5. The Morgan fingerprint density at radius 3 is 2.94 bits per heavy atom. The zero-order chi connectivity index (χ0) is 12.3. The van der Waals surface area contributed by atoms with Gasteiger partial charge in [-0.05, 0) is 36.6 Å². The molecular weight excluding hydrogens is 238 g/mol. The first kappa shape index (κ1) is 12.7. The number of nitrogens with one attached hydrogen (secondary N) is 1. The van der Waals surface area contributed by atoms with E-state index < -0.39 is 6.10 Å². The maximum atomic E-state index is 9.93. The monoisotopic (exact) mass is 255 g/mol. The van der Waals surface area contributed by atoms with Crippen molar-refractivity contribution in [1.82, 2.24) is 5.32 Å². The van der Waals surface area contributed by atoms with Gasteiger partial charge in [-0.25, -0.2) is 0 Å². The number of aliphatic hydroxyl groups excluding tert-OH is 1. The number of ether oxygens (including phenoxy) is 1. The van der Waals surface area contributed by atoms with Crippen LogP contribution in [0.4, 0.5) is 0 Å². The first-order chi connectivity index (χ1) is 8.19. The fourth-order valence-corrected chi connectivity index (χ4v) is 2.02. The maximum Gasteiger partial charge on any atom is 0.122 e. The number of rotatable bonds is 6. The number of hydrogen-bond donors (Lipinski definition) is 2. The average molecular weight is 256 g/mol. The van der Waals surface area contributed by atoms with Gasteiger partial charge in [-0.2, -0.15) is 0 Å². The SMILES string of the molecule is COc1ccc(Cl)cc1CC(O)CNC1CC1. The second kappa shape index (κ2) is 5.71. The average Bonchev–Trinajstić information content (AvgIpc) is 3.10. The van der Waals surface area contributed by atoms with Gasteiger partial charge in [0.1, 0.15) is 5.75 Å². The summed E-state index contributed by atoms with van der Waals surface area (Å²) in [5.74, 6) is 0.778. The molecule has 2 rings (SSSR count). The molecule has 0 spiro atoms. The first-order valence-corrected chi connectivity index (χ1v) is 6.30. The van der Waals surface area contributed by atoms with Crippen LogP contribution >= 0.6 is 11.6 Å². The molecule has 1 aliphatic rings. The molecule has 4 heteroatoms. The van der Waals surface area contributed by atoms with Crippen LogP contribution in [0.3, 0.4) is 0 Å². The number of halogens is 1. The van der Waals surface area contributed by atoms with Gasteiger partial charge in [-0.1, -0.05) is 11.6 Å². The Bertz CT molecular complexity index is 380. The van der Waals surface area contributed by atoms with Crippen molar-refractivity contribution < 1.29 is 9.84 Å². The summed E-state index contributed by atoms with van der Waals surface area (Å²) in [5.41, 5.74) is 0.949. The van der Waals surface area contributed by atoms with Crippen LogP contribution in [0, 0.1) is 0 Å². The maximum absolute atomic E-state index is 9.93. The number of aliphatic hydroxyl groups is 1. The van der Waals surface area contributed by atoms with Crippen molar-refractivity contribution in [3.63, 3.8) is 0 Å². The van der Waals surface area contributed by atoms with Crippen LogP contribution in [0.25, 0.3) is 0 Å². The van der Waals surface area contributed by atoms with E-state index in [1.165, 1.54) is 12.8 Å². The molecule has 0 saturated heterocycles. The van der Waals surface area contributed by atoms with Crippen molar-refractivity contribution >= 4 is 11.6 Å². The summed E-state index contributed by atoms with van der Waals surface area (Å²) in [5, 5.41) is 13.9. The Morgan fingerprint density at radius 1 is 1.53 bits per heavy atom. The molecule has 0 amide bonds. The molecule has 1 aromatic carbocycles. The molecule has 3 nitrogen and oxygen atoms in total. The van der Waals surface area contributed by atoms with Crippen molar-refractivity contribution in [2.75, 3.05) is 13.7 Å². The van der Waals surface area contributed by atoms with Gasteiger partial charge >= 0.3 is 0 Å². The Morgan fingerprint density at radius 2 is 2.29 bits per heavy atom. The van der Waals surface area contributed by atoms with Crippen LogP contribution in [0.1, 0.15) is 18.4 Å². The largest absolute Gasteiger partial charge is 0.496 e. The molecule has 0 bridgehead atoms. The highest BCUT2D eigenvalue weighted by molar-refractivity contribution is 6.30. The van der Waals surface area contributed by atoms with E-state index >= 15 is 0 Å². The lowest BCUT2D eigenvalue weighted by atomic mass is 10.1. The van der Waals surface area contributed by atoms with E-state index in [2.05, 4.69) is 5.32 Å². The van der Waals surface area contributed by atoms with Crippen LogP contribution in [-0.4, -0.2) is 30.9 Å². The van der Waals surface area contributed by atoms with Gasteiger partial charge in [-0.15, -0.1) is 0 Å². The van der Waals surface area contributed by atoms with Gasteiger partial charge in [0.15, 0.2) is 0 Å². The second-order valence-corrected chi connectivity index (χ2v) is 4.93. The lowest BCUT2D eigenvalue weighted by Gasteiger charge is -2.14. The molecule has 1 unspecified atom stereocenters. The molecule has 2 N–H and O–H groups in total. The van der Waals surface area contributed by atoms with Gasteiger partial charge in [0.2, 0.25) is 0 Å². The summed E-state index contributed by atoms with van der Waals surface area (Å²) in [4.78, 5) is 0. The zero-order valence-electron chi connectivity index (χ0n) is 9.95. The van der Waals surface area contributed by atoms with Gasteiger partial charge in [0.25, 0.3) is 0 Å². The third-order valence-corrected chi connectivity index (χ3v) is 3.15. The lowest BCUT2D eigenvalue weighted by molar-refractivity contribution is 0.170. The summed E-state index contributed by atoms with van der Waals surface area (Å²) in [7, 11) is 1.63. The van der Waals surface area contributed by atoms with Gasteiger partial charge in [0, 0.05) is 24.0 Å². The van der Waals surface area contributed by atoms with Crippen LogP contribution in [0.5, 0.6) is 5.75 Å². The van der Waals surface area contributed by atoms with Crippen LogP contribution in [-0.2, 0) is 6.42 Å². The van der Waals surface area contributed by atoms with Crippen LogP contribution in [0.2, 0.25) is 5.02 Å². The highest BCUT2D eigenvalue weighted by Crippen LogP contribution is 2.24. The molecule has 0 heterocycles. The van der Waals surface area contributed by atoms with Crippen molar-refractivity contribution in [2.24, 2.45) is 0 Å². The van der Waals surface area contributed by atoms with Crippen molar-refractivity contribution in [1.29, 1.82) is 0 Å². The van der Waals surface area contributed by atoms with E-state index in [0.29, 0.717) is 24.0 Å². The minimum absolute atomic E-state index is 0.400. The van der Waals surface area contributed by atoms with Gasteiger partial charge in [-0.3, -0.25) is 0 Å². The predicted octanol–water partition coefficient (Wildman–Crippen LogP) is 2.00. The molecule has 94 valence electrons. The highest BCUT2D eigenvalue weighted by Gasteiger charge is 2.21. The van der Waals surface area contributed by atoms with Gasteiger partial charge in [0.05, 0.1) is 13.2 Å². The normalized spacial score (nSPS) is 16.9. The Kier molecular flexibility index (Phi) is 4.26. The van der Waals surface area contributed by atoms with E-state index in [1.54, 1.807) is 13.2 Å². The predicted molar refractivity (Wildman–Crippen MR) is 68.7 cm³/mol. The van der Waals surface area contributed by atoms with E-state index in [0.717, 1.165) is 11.3 Å². The zero-order valence-corrected chi connectivity index (χ0v) is 10.7. The van der Waals surface area contributed by atoms with Crippen molar-refractivity contribution in [2.45, 2.75) is 31.4 Å². The number of methoxy groups -OCH3 is 1. The van der Waals surface area contributed by atoms with Crippen molar-refractivity contribution in [3.05, 3.63) is 28.8 Å². The smallest absolute Gasteiger partial charge is 0.122 e. The Balaban J connectivity index is 1.92. The van der Waals surface area contributed by atoms with E-state index in [4.69, 9.17) is 16.3 Å². The van der Waals surface area contributed by atoms with Crippen molar-refractivity contribution in [3.8, 4) is 5.75 Å². The van der Waals surface area contributed by atoms with E-state index in [-0.39, 0.29) is 0 Å². The molecule has 0 aliphatic heterocycles. The summed E-state index contributed by atoms with van der Waals surface area (Å²) in [6.07, 6.45) is 2.62. The molecule has 0 aromatic heterocycles. The molecule has 1 aromatic rings. The summed E-state index contributed by atoms with van der Waals surface area (Å²) < 4.78 is 5.25. The third kappa shape index (κ3) is 3.87. The Labute approximate surface area is 107 Å². The molecule has 0 radical (unpaired) electrons. The standard InChI is InChI=1S/C13H18ClNO2/c1-17-13-5-2-10(14)6-9(13)7-12(16)8-15-11-3-4-11/h2,5-6,11-12,15-16H,3-4,7-8H2,1H3. The number of benzene rings is 1. The fourth-order valence-electron chi connectivity index (χ4n) is 1.82. The summed E-state index contributed by atoms with van der Waals surface area (Å²) >= 11 is 5.94. The van der Waals surface area contributed by atoms with Crippen LogP contribution < -0.4 is 10.1 Å². The van der Waals surface area contributed by atoms with E-state index in [9.17, 15) is 5.11 Å². The summed E-state index contributed by atoms with van der Waals surface area (Å²) in [6.45, 7) is 0.625.